The van der Waals surface area contributed by atoms with Crippen molar-refractivity contribution in [3.63, 3.8) is 0 Å². The molecule has 19 heavy (non-hydrogen) atoms. The van der Waals surface area contributed by atoms with Crippen LogP contribution in [0.25, 0.3) is 0 Å². The van der Waals surface area contributed by atoms with E-state index in [-0.39, 0.29) is 12.3 Å². The van der Waals surface area contributed by atoms with Gasteiger partial charge >= 0.3 is 6.09 Å². The molecule has 0 aromatic rings. The Morgan fingerprint density at radius 2 is 2.21 bits per heavy atom. The maximum absolute atomic E-state index is 12.1. The molecule has 2 rings (SSSR count). The number of hydrogen-bond acceptors (Lipinski definition) is 4. The van der Waals surface area contributed by atoms with E-state index in [2.05, 4.69) is 10.6 Å². The molecule has 0 bridgehead atoms. The van der Waals surface area contributed by atoms with E-state index in [9.17, 15) is 4.79 Å². The van der Waals surface area contributed by atoms with E-state index in [0.717, 1.165) is 39.0 Å². The van der Waals surface area contributed by atoms with Crippen LogP contribution in [0.5, 0.6) is 0 Å². The molecule has 5 heteroatoms. The van der Waals surface area contributed by atoms with Crippen LogP contribution in [0.3, 0.4) is 0 Å². The van der Waals surface area contributed by atoms with E-state index in [1.54, 1.807) is 0 Å². The maximum Gasteiger partial charge on any atom is 0.411 e. The van der Waals surface area contributed by atoms with Gasteiger partial charge in [-0.05, 0) is 59.0 Å². The first kappa shape index (κ1) is 14.6. The highest BCUT2D eigenvalue weighted by Gasteiger charge is 2.32. The Morgan fingerprint density at radius 3 is 2.84 bits per heavy atom. The zero-order valence-electron chi connectivity index (χ0n) is 12.4. The van der Waals surface area contributed by atoms with Crippen molar-refractivity contribution in [2.24, 2.45) is 5.92 Å². The Morgan fingerprint density at radius 1 is 1.42 bits per heavy atom. The minimum absolute atomic E-state index is 0.149. The molecule has 2 heterocycles. The molecule has 2 aliphatic heterocycles. The Balaban J connectivity index is 1.80. The number of hydrogen-bond donors (Lipinski definition) is 2. The van der Waals surface area contributed by atoms with Crippen LogP contribution in [-0.4, -0.2) is 48.9 Å². The van der Waals surface area contributed by atoms with Crippen molar-refractivity contribution in [2.45, 2.75) is 51.8 Å². The third kappa shape index (κ3) is 4.35. The lowest BCUT2D eigenvalue weighted by Crippen LogP contribution is -2.47. The van der Waals surface area contributed by atoms with Gasteiger partial charge in [0.05, 0.1) is 6.17 Å². The Kier molecular flexibility index (Phi) is 4.68. The number of nitrogens with zero attached hydrogens (tertiary/aromatic N) is 1. The van der Waals surface area contributed by atoms with Crippen molar-refractivity contribution < 1.29 is 9.53 Å². The smallest absolute Gasteiger partial charge is 0.411 e. The Hall–Kier alpha value is -0.810. The Bertz CT molecular complexity index is 308. The van der Waals surface area contributed by atoms with Crippen molar-refractivity contribution in [1.82, 2.24) is 15.5 Å². The summed E-state index contributed by atoms with van der Waals surface area (Å²) < 4.78 is 5.46. The van der Waals surface area contributed by atoms with Crippen molar-refractivity contribution in [1.29, 1.82) is 0 Å². The molecule has 2 aliphatic rings. The monoisotopic (exact) mass is 269 g/mol. The summed E-state index contributed by atoms with van der Waals surface area (Å²) in [6.07, 6.45) is 3.27. The number of amides is 1. The van der Waals surface area contributed by atoms with Gasteiger partial charge in [0, 0.05) is 13.1 Å². The highest BCUT2D eigenvalue weighted by Crippen LogP contribution is 2.19. The van der Waals surface area contributed by atoms with Gasteiger partial charge in [0.15, 0.2) is 0 Å². The first-order valence-electron chi connectivity index (χ1n) is 7.39. The summed E-state index contributed by atoms with van der Waals surface area (Å²) >= 11 is 0. The fraction of sp³-hybridized carbons (Fsp3) is 0.929. The lowest BCUT2D eigenvalue weighted by molar-refractivity contribution is 0.0197. The number of carbonyl (C=O) groups excluding carboxylic acids is 1. The third-order valence-corrected chi connectivity index (χ3v) is 3.69. The largest absolute Gasteiger partial charge is 0.444 e. The van der Waals surface area contributed by atoms with Crippen LogP contribution in [0.1, 0.15) is 40.0 Å². The predicted octanol–water partition coefficient (Wildman–Crippen LogP) is 1.54. The summed E-state index contributed by atoms with van der Waals surface area (Å²) in [5.41, 5.74) is -0.417. The zero-order chi connectivity index (χ0) is 13.9. The highest BCUT2D eigenvalue weighted by molar-refractivity contribution is 5.68. The molecule has 2 atom stereocenters. The van der Waals surface area contributed by atoms with Gasteiger partial charge in [0.1, 0.15) is 5.60 Å². The van der Waals surface area contributed by atoms with Gasteiger partial charge in [-0.2, -0.15) is 0 Å². The molecule has 0 spiro atoms. The second kappa shape index (κ2) is 6.09. The summed E-state index contributed by atoms with van der Waals surface area (Å²) in [6, 6.07) is 0. The first-order valence-corrected chi connectivity index (χ1v) is 7.39. The van der Waals surface area contributed by atoms with Crippen molar-refractivity contribution in [3.8, 4) is 0 Å². The minimum Gasteiger partial charge on any atom is -0.444 e. The molecule has 0 aliphatic carbocycles. The van der Waals surface area contributed by atoms with Gasteiger partial charge < -0.3 is 10.1 Å². The molecule has 2 saturated heterocycles. The van der Waals surface area contributed by atoms with Gasteiger partial charge in [-0.15, -0.1) is 0 Å². The van der Waals surface area contributed by atoms with Gasteiger partial charge in [0.2, 0.25) is 0 Å². The summed E-state index contributed by atoms with van der Waals surface area (Å²) in [5, 5.41) is 6.89. The van der Waals surface area contributed by atoms with Crippen LogP contribution in [0.15, 0.2) is 0 Å². The van der Waals surface area contributed by atoms with Gasteiger partial charge in [-0.25, -0.2) is 4.79 Å². The zero-order valence-corrected chi connectivity index (χ0v) is 12.4. The van der Waals surface area contributed by atoms with Crippen LogP contribution in [-0.2, 0) is 4.74 Å². The van der Waals surface area contributed by atoms with E-state index in [1.165, 1.54) is 6.42 Å². The number of ether oxygens (including phenoxy) is 1. The summed E-state index contributed by atoms with van der Waals surface area (Å²) in [4.78, 5) is 14.0. The van der Waals surface area contributed by atoms with E-state index >= 15 is 0 Å². The molecular formula is C14H27N3O2. The molecule has 1 amide bonds. The molecular weight excluding hydrogens is 242 g/mol. The molecule has 0 radical (unpaired) electrons. The van der Waals surface area contributed by atoms with E-state index in [1.807, 2.05) is 25.7 Å². The number of likely N-dealkylation sites (tertiary alicyclic amines) is 1. The van der Waals surface area contributed by atoms with Gasteiger partial charge in [0.25, 0.3) is 0 Å². The normalized spacial score (nSPS) is 27.8. The van der Waals surface area contributed by atoms with Crippen LogP contribution >= 0.6 is 0 Å². The highest BCUT2D eigenvalue weighted by atomic mass is 16.6. The standard InChI is InChI=1S/C14H27N3O2/c1-14(2,3)19-13(18)17-8-4-5-12(17)16-10-11-6-7-15-9-11/h11-12,15-16H,4-10H2,1-3H3. The quantitative estimate of drug-likeness (QED) is 0.816. The van der Waals surface area contributed by atoms with Gasteiger partial charge in [-0.1, -0.05) is 0 Å². The van der Waals surface area contributed by atoms with Crippen molar-refractivity contribution >= 4 is 6.09 Å². The topological polar surface area (TPSA) is 53.6 Å². The van der Waals surface area contributed by atoms with E-state index in [0.29, 0.717) is 5.92 Å². The average Bonchev–Trinajstić information content (AvgIpc) is 2.95. The molecule has 2 fully saturated rings. The molecule has 0 aromatic carbocycles. The fourth-order valence-corrected chi connectivity index (χ4v) is 2.71. The lowest BCUT2D eigenvalue weighted by atomic mass is 10.1. The fourth-order valence-electron chi connectivity index (χ4n) is 2.71. The third-order valence-electron chi connectivity index (χ3n) is 3.69. The summed E-state index contributed by atoms with van der Waals surface area (Å²) in [6.45, 7) is 9.72. The SMILES string of the molecule is CC(C)(C)OC(=O)N1CCCC1NCC1CCNC1. The molecule has 5 nitrogen and oxygen atoms in total. The Labute approximate surface area is 116 Å². The first-order chi connectivity index (χ1) is 8.96. The molecule has 0 aromatic heterocycles. The number of nitrogens with one attached hydrogen (secondary N) is 2. The van der Waals surface area contributed by atoms with Crippen molar-refractivity contribution in [3.05, 3.63) is 0 Å². The van der Waals surface area contributed by atoms with Crippen molar-refractivity contribution in [2.75, 3.05) is 26.2 Å². The van der Waals surface area contributed by atoms with Crippen LogP contribution < -0.4 is 10.6 Å². The molecule has 2 unspecified atom stereocenters. The maximum atomic E-state index is 12.1. The van der Waals surface area contributed by atoms with E-state index < -0.39 is 5.60 Å². The minimum atomic E-state index is -0.417. The second-order valence-corrected chi connectivity index (χ2v) is 6.60. The molecule has 0 saturated carbocycles. The average molecular weight is 269 g/mol. The van der Waals surface area contributed by atoms with Crippen LogP contribution in [0.4, 0.5) is 4.79 Å². The summed E-state index contributed by atoms with van der Waals surface area (Å²) in [5.74, 6) is 0.695. The number of rotatable bonds is 3. The van der Waals surface area contributed by atoms with Crippen LogP contribution in [0.2, 0.25) is 0 Å². The molecule has 2 N–H and O–H groups in total. The van der Waals surface area contributed by atoms with Gasteiger partial charge in [-0.3, -0.25) is 10.2 Å². The van der Waals surface area contributed by atoms with Crippen LogP contribution in [0, 0.1) is 5.92 Å². The second-order valence-electron chi connectivity index (χ2n) is 6.60. The predicted molar refractivity (Wildman–Crippen MR) is 74.9 cm³/mol. The van der Waals surface area contributed by atoms with E-state index in [4.69, 9.17) is 4.74 Å². The summed E-state index contributed by atoms with van der Waals surface area (Å²) in [7, 11) is 0. The lowest BCUT2D eigenvalue weighted by Gasteiger charge is -2.29. The molecule has 110 valence electrons. The number of carbonyl (C=O) groups is 1.